The molecule has 1 heterocycles. The number of methoxy groups -OCH3 is 1. The standard InChI is InChI=1S/C15H21N3O5S2.ClH/c1-18-10-8-15(9-11-18,24-17-20)13(14(19)23-2)16-25(21,22)12-6-4-3-5-7-12;/h3-7,13,16H,8-11H2,1-2H3;1H. The van der Waals surface area contributed by atoms with Crippen molar-refractivity contribution in [1.29, 1.82) is 0 Å². The molecule has 146 valence electrons. The summed E-state index contributed by atoms with van der Waals surface area (Å²) in [6, 6.07) is 6.54. The number of hydrogen-bond donors (Lipinski definition) is 1. The lowest BCUT2D eigenvalue weighted by Crippen LogP contribution is -2.59. The number of rotatable bonds is 7. The largest absolute Gasteiger partial charge is 0.468 e. The smallest absolute Gasteiger partial charge is 0.325 e. The summed E-state index contributed by atoms with van der Waals surface area (Å²) in [5, 5.41) is 0. The van der Waals surface area contributed by atoms with E-state index in [1.807, 2.05) is 11.9 Å². The molecule has 2 rings (SSSR count). The summed E-state index contributed by atoms with van der Waals surface area (Å²) in [4.78, 5) is 25.4. The number of sulfonamides is 1. The molecular formula is C15H22ClN3O5S2. The van der Waals surface area contributed by atoms with Gasteiger partial charge in [0.2, 0.25) is 10.0 Å². The molecule has 0 spiro atoms. The lowest BCUT2D eigenvalue weighted by atomic mass is 9.89. The number of nitroso groups, excluding NO2 is 1. The van der Waals surface area contributed by atoms with E-state index < -0.39 is 26.8 Å². The highest BCUT2D eigenvalue weighted by molar-refractivity contribution is 7.99. The molecular weight excluding hydrogens is 402 g/mol. The van der Waals surface area contributed by atoms with Crippen LogP contribution in [0.5, 0.6) is 0 Å². The predicted octanol–water partition coefficient (Wildman–Crippen LogP) is 1.81. The second-order valence-electron chi connectivity index (χ2n) is 5.92. The van der Waals surface area contributed by atoms with E-state index in [0.29, 0.717) is 37.9 Å². The maximum absolute atomic E-state index is 12.7. The van der Waals surface area contributed by atoms with E-state index >= 15 is 0 Å². The summed E-state index contributed by atoms with van der Waals surface area (Å²) in [6.07, 6.45) is 0.855. The van der Waals surface area contributed by atoms with E-state index in [1.165, 1.54) is 19.2 Å². The topological polar surface area (TPSA) is 105 Å². The first-order valence-electron chi connectivity index (χ1n) is 7.69. The minimum absolute atomic E-state index is 0. The van der Waals surface area contributed by atoms with Gasteiger partial charge in [0.1, 0.15) is 6.04 Å². The van der Waals surface area contributed by atoms with Crippen LogP contribution in [-0.4, -0.2) is 57.3 Å². The van der Waals surface area contributed by atoms with Crippen molar-refractivity contribution in [3.05, 3.63) is 35.2 Å². The molecule has 1 saturated heterocycles. The lowest BCUT2D eigenvalue weighted by molar-refractivity contribution is -0.143. The summed E-state index contributed by atoms with van der Waals surface area (Å²) >= 11 is 0.704. The molecule has 0 saturated carbocycles. The predicted molar refractivity (Wildman–Crippen MR) is 103 cm³/mol. The highest BCUT2D eigenvalue weighted by atomic mass is 35.5. The molecule has 26 heavy (non-hydrogen) atoms. The summed E-state index contributed by atoms with van der Waals surface area (Å²) in [7, 11) is -0.846. The van der Waals surface area contributed by atoms with Gasteiger partial charge < -0.3 is 9.64 Å². The molecule has 1 fully saturated rings. The maximum atomic E-state index is 12.7. The molecule has 0 aromatic heterocycles. The Morgan fingerprint density at radius 2 is 1.88 bits per heavy atom. The number of esters is 1. The number of halogens is 1. The Morgan fingerprint density at radius 1 is 1.31 bits per heavy atom. The lowest BCUT2D eigenvalue weighted by Gasteiger charge is -2.41. The number of likely N-dealkylation sites (tertiary alicyclic amines) is 1. The van der Waals surface area contributed by atoms with Gasteiger partial charge >= 0.3 is 5.97 Å². The Balaban J connectivity index is 0.00000338. The van der Waals surface area contributed by atoms with Crippen molar-refractivity contribution in [2.75, 3.05) is 27.2 Å². The average Bonchev–Trinajstić information content (AvgIpc) is 2.62. The van der Waals surface area contributed by atoms with Gasteiger partial charge in [-0.05, 0) is 45.1 Å². The zero-order chi connectivity index (χ0) is 18.5. The van der Waals surface area contributed by atoms with Crippen LogP contribution in [-0.2, 0) is 19.6 Å². The van der Waals surface area contributed by atoms with Crippen molar-refractivity contribution in [2.24, 2.45) is 4.58 Å². The second-order valence-corrected chi connectivity index (χ2v) is 8.78. The summed E-state index contributed by atoms with van der Waals surface area (Å²) < 4.78 is 34.5. The number of nitrogens with one attached hydrogen (secondary N) is 1. The van der Waals surface area contributed by atoms with Gasteiger partial charge in [-0.3, -0.25) is 4.79 Å². The van der Waals surface area contributed by atoms with Gasteiger partial charge in [0.15, 0.2) is 0 Å². The maximum Gasteiger partial charge on any atom is 0.325 e. The molecule has 11 heteroatoms. The van der Waals surface area contributed by atoms with Crippen LogP contribution in [0.25, 0.3) is 0 Å². The van der Waals surface area contributed by atoms with Crippen molar-refractivity contribution < 1.29 is 17.9 Å². The first-order valence-corrected chi connectivity index (χ1v) is 9.95. The van der Waals surface area contributed by atoms with Crippen molar-refractivity contribution in [3.8, 4) is 0 Å². The third-order valence-electron chi connectivity index (χ3n) is 4.34. The first kappa shape index (κ1) is 22.8. The molecule has 1 aliphatic rings. The zero-order valence-corrected chi connectivity index (χ0v) is 16.9. The van der Waals surface area contributed by atoms with Crippen LogP contribution in [0, 0.1) is 4.91 Å². The van der Waals surface area contributed by atoms with Crippen LogP contribution in [0.1, 0.15) is 12.8 Å². The van der Waals surface area contributed by atoms with Gasteiger partial charge in [0, 0.05) is 16.5 Å². The molecule has 1 atom stereocenters. The van der Waals surface area contributed by atoms with E-state index in [4.69, 9.17) is 4.74 Å². The fraction of sp³-hybridized carbons (Fsp3) is 0.533. The molecule has 0 radical (unpaired) electrons. The van der Waals surface area contributed by atoms with Crippen LogP contribution in [0.2, 0.25) is 0 Å². The van der Waals surface area contributed by atoms with E-state index in [0.717, 1.165) is 0 Å². The molecule has 1 aromatic rings. The zero-order valence-electron chi connectivity index (χ0n) is 14.5. The number of carbonyl (C=O) groups excluding carboxylic acids is 1. The second kappa shape index (κ2) is 9.65. The fourth-order valence-corrected chi connectivity index (χ4v) is 4.95. The van der Waals surface area contributed by atoms with Crippen LogP contribution >= 0.6 is 24.4 Å². The monoisotopic (exact) mass is 423 g/mol. The van der Waals surface area contributed by atoms with Crippen molar-refractivity contribution in [2.45, 2.75) is 28.5 Å². The summed E-state index contributed by atoms with van der Waals surface area (Å²) in [5.74, 6) is -0.736. The Kier molecular flexibility index (Phi) is 8.48. The van der Waals surface area contributed by atoms with Gasteiger partial charge in [-0.15, -0.1) is 17.3 Å². The van der Waals surface area contributed by atoms with Crippen molar-refractivity contribution >= 4 is 40.3 Å². The SMILES string of the molecule is COC(=O)C(NS(=O)(=O)c1ccccc1)C1(SN=O)CCN(C)CC1.Cl. The Morgan fingerprint density at radius 3 is 2.38 bits per heavy atom. The van der Waals surface area contributed by atoms with Gasteiger partial charge in [-0.2, -0.15) is 4.72 Å². The van der Waals surface area contributed by atoms with Crippen LogP contribution in [0.15, 0.2) is 39.8 Å². The molecule has 8 nitrogen and oxygen atoms in total. The molecule has 0 aliphatic carbocycles. The molecule has 0 bridgehead atoms. The van der Waals surface area contributed by atoms with Gasteiger partial charge in [-0.25, -0.2) is 8.42 Å². The molecule has 1 aromatic carbocycles. The number of nitrogens with zero attached hydrogens (tertiary/aromatic N) is 2. The third kappa shape index (κ3) is 5.17. The summed E-state index contributed by atoms with van der Waals surface area (Å²) in [5.41, 5.74) is 0. The average molecular weight is 424 g/mol. The molecule has 1 unspecified atom stereocenters. The number of ether oxygens (including phenoxy) is 1. The van der Waals surface area contributed by atoms with Crippen molar-refractivity contribution in [3.63, 3.8) is 0 Å². The number of hydrogen-bond acceptors (Lipinski definition) is 8. The molecule has 0 amide bonds. The fourth-order valence-electron chi connectivity index (χ4n) is 2.81. The van der Waals surface area contributed by atoms with Crippen LogP contribution < -0.4 is 4.72 Å². The summed E-state index contributed by atoms with van der Waals surface area (Å²) in [6.45, 7) is 1.23. The van der Waals surface area contributed by atoms with E-state index in [9.17, 15) is 18.1 Å². The van der Waals surface area contributed by atoms with Gasteiger partial charge in [-0.1, -0.05) is 18.2 Å². The molecule has 1 N–H and O–H groups in total. The molecule has 1 aliphatic heterocycles. The number of benzene rings is 1. The van der Waals surface area contributed by atoms with E-state index in [2.05, 4.69) is 9.30 Å². The Hall–Kier alpha value is -1.20. The van der Waals surface area contributed by atoms with Crippen molar-refractivity contribution in [1.82, 2.24) is 9.62 Å². The third-order valence-corrected chi connectivity index (χ3v) is 6.86. The Bertz CT molecular complexity index is 709. The van der Waals surface area contributed by atoms with E-state index in [1.54, 1.807) is 18.2 Å². The quantitative estimate of drug-likeness (QED) is 0.405. The minimum Gasteiger partial charge on any atom is -0.468 e. The number of carbonyl (C=O) groups is 1. The number of piperidine rings is 1. The normalized spacial score (nSPS) is 18.4. The van der Waals surface area contributed by atoms with Gasteiger partial charge in [0.25, 0.3) is 0 Å². The van der Waals surface area contributed by atoms with Crippen LogP contribution in [0.4, 0.5) is 0 Å². The first-order chi connectivity index (χ1) is 11.8. The van der Waals surface area contributed by atoms with E-state index in [-0.39, 0.29) is 17.3 Å². The highest BCUT2D eigenvalue weighted by Gasteiger charge is 2.49. The Labute approximate surface area is 163 Å². The highest BCUT2D eigenvalue weighted by Crippen LogP contribution is 2.40. The van der Waals surface area contributed by atoms with Gasteiger partial charge in [0.05, 0.1) is 16.8 Å². The minimum atomic E-state index is -3.96. The van der Waals surface area contributed by atoms with Crippen LogP contribution in [0.3, 0.4) is 0 Å².